The third-order valence-corrected chi connectivity index (χ3v) is 2.84. The van der Waals surface area contributed by atoms with Crippen LogP contribution in [-0.2, 0) is 16.1 Å². The first-order chi connectivity index (χ1) is 7.78. The third kappa shape index (κ3) is 5.28. The molecule has 1 aromatic heterocycles. The van der Waals surface area contributed by atoms with E-state index < -0.39 is 5.60 Å². The molecule has 0 fully saturated rings. The first-order valence-electron chi connectivity index (χ1n) is 5.65. The maximum absolute atomic E-state index is 11.7. The zero-order valence-electron chi connectivity index (χ0n) is 11.0. The van der Waals surface area contributed by atoms with E-state index >= 15 is 0 Å². The Labute approximate surface area is 106 Å². The van der Waals surface area contributed by atoms with Gasteiger partial charge in [-0.1, -0.05) is 0 Å². The number of esters is 1. The van der Waals surface area contributed by atoms with Crippen molar-refractivity contribution in [1.82, 2.24) is 10.3 Å². The van der Waals surface area contributed by atoms with Crippen LogP contribution in [0, 0.1) is 6.92 Å². The summed E-state index contributed by atoms with van der Waals surface area (Å²) in [7, 11) is 0. The maximum Gasteiger partial charge on any atom is 0.323 e. The molecule has 5 heteroatoms. The first-order valence-corrected chi connectivity index (χ1v) is 6.53. The van der Waals surface area contributed by atoms with Gasteiger partial charge in [-0.3, -0.25) is 10.1 Å². The van der Waals surface area contributed by atoms with Crippen molar-refractivity contribution in [2.24, 2.45) is 0 Å². The standard InChI is InChI=1S/C12H20N2O2S/c1-8(11(15)16-12(3,4)5)13-6-10-7-17-9(2)14-10/h7-8,13H,6H2,1-5H3. The number of carbonyl (C=O) groups is 1. The number of ether oxygens (including phenoxy) is 1. The first kappa shape index (κ1) is 14.1. The number of aryl methyl sites for hydroxylation is 1. The molecule has 0 radical (unpaired) electrons. The van der Waals surface area contributed by atoms with Crippen molar-refractivity contribution in [3.8, 4) is 0 Å². The second-order valence-electron chi connectivity index (χ2n) is 4.99. The van der Waals surface area contributed by atoms with E-state index in [-0.39, 0.29) is 12.0 Å². The van der Waals surface area contributed by atoms with Gasteiger partial charge in [-0.2, -0.15) is 0 Å². The largest absolute Gasteiger partial charge is 0.459 e. The van der Waals surface area contributed by atoms with Crippen LogP contribution in [0.1, 0.15) is 38.4 Å². The summed E-state index contributed by atoms with van der Waals surface area (Å²) in [4.78, 5) is 16.0. The predicted octanol–water partition coefficient (Wildman–Crippen LogP) is 2.27. The Morgan fingerprint density at radius 1 is 1.59 bits per heavy atom. The van der Waals surface area contributed by atoms with Gasteiger partial charge in [-0.05, 0) is 34.6 Å². The van der Waals surface area contributed by atoms with Crippen molar-refractivity contribution in [2.45, 2.75) is 52.8 Å². The van der Waals surface area contributed by atoms with Gasteiger partial charge in [0, 0.05) is 11.9 Å². The molecule has 1 N–H and O–H groups in total. The van der Waals surface area contributed by atoms with E-state index in [2.05, 4.69) is 10.3 Å². The van der Waals surface area contributed by atoms with Crippen LogP contribution in [0.15, 0.2) is 5.38 Å². The van der Waals surface area contributed by atoms with Crippen LogP contribution >= 0.6 is 11.3 Å². The number of nitrogens with zero attached hydrogens (tertiary/aromatic N) is 1. The molecule has 1 aromatic rings. The fourth-order valence-electron chi connectivity index (χ4n) is 1.22. The highest BCUT2D eigenvalue weighted by molar-refractivity contribution is 7.09. The lowest BCUT2D eigenvalue weighted by Gasteiger charge is -2.22. The lowest BCUT2D eigenvalue weighted by Crippen LogP contribution is -2.38. The Balaban J connectivity index is 2.39. The van der Waals surface area contributed by atoms with Crippen molar-refractivity contribution in [3.63, 3.8) is 0 Å². The van der Waals surface area contributed by atoms with E-state index in [9.17, 15) is 4.79 Å². The van der Waals surface area contributed by atoms with E-state index in [0.29, 0.717) is 6.54 Å². The lowest BCUT2D eigenvalue weighted by molar-refractivity contribution is -0.157. The number of hydrogen-bond acceptors (Lipinski definition) is 5. The van der Waals surface area contributed by atoms with Crippen LogP contribution in [-0.4, -0.2) is 22.6 Å². The summed E-state index contributed by atoms with van der Waals surface area (Å²) >= 11 is 1.61. The minimum absolute atomic E-state index is 0.232. The molecule has 0 amide bonds. The van der Waals surface area contributed by atoms with Gasteiger partial charge in [-0.15, -0.1) is 11.3 Å². The second-order valence-corrected chi connectivity index (χ2v) is 6.06. The number of carbonyl (C=O) groups excluding carboxylic acids is 1. The van der Waals surface area contributed by atoms with Crippen LogP contribution in [0.3, 0.4) is 0 Å². The molecule has 1 rings (SSSR count). The van der Waals surface area contributed by atoms with E-state index in [4.69, 9.17) is 4.74 Å². The summed E-state index contributed by atoms with van der Waals surface area (Å²) in [6.07, 6.45) is 0. The van der Waals surface area contributed by atoms with Gasteiger partial charge in [-0.25, -0.2) is 4.98 Å². The summed E-state index contributed by atoms with van der Waals surface area (Å²) < 4.78 is 5.27. The van der Waals surface area contributed by atoms with Gasteiger partial charge in [0.05, 0.1) is 10.7 Å². The summed E-state index contributed by atoms with van der Waals surface area (Å²) in [5.74, 6) is -0.232. The Morgan fingerprint density at radius 3 is 2.71 bits per heavy atom. The summed E-state index contributed by atoms with van der Waals surface area (Å²) in [5, 5.41) is 6.13. The second kappa shape index (κ2) is 5.60. The molecule has 17 heavy (non-hydrogen) atoms. The van der Waals surface area contributed by atoms with Gasteiger partial charge >= 0.3 is 5.97 Å². The van der Waals surface area contributed by atoms with Crippen LogP contribution < -0.4 is 5.32 Å². The van der Waals surface area contributed by atoms with Gasteiger partial charge in [0.2, 0.25) is 0 Å². The van der Waals surface area contributed by atoms with E-state index in [0.717, 1.165) is 10.7 Å². The van der Waals surface area contributed by atoms with Crippen molar-refractivity contribution >= 4 is 17.3 Å². The maximum atomic E-state index is 11.7. The minimum atomic E-state index is -0.440. The summed E-state index contributed by atoms with van der Waals surface area (Å²) in [6.45, 7) is 9.94. The lowest BCUT2D eigenvalue weighted by atomic mass is 10.2. The minimum Gasteiger partial charge on any atom is -0.459 e. The van der Waals surface area contributed by atoms with Crippen molar-refractivity contribution in [1.29, 1.82) is 0 Å². The molecule has 1 unspecified atom stereocenters. The summed E-state index contributed by atoms with van der Waals surface area (Å²) in [5.41, 5.74) is 0.521. The Kier molecular flexibility index (Phi) is 4.65. The van der Waals surface area contributed by atoms with E-state index in [1.165, 1.54) is 0 Å². The molecule has 0 aliphatic rings. The van der Waals surface area contributed by atoms with Crippen LogP contribution in [0.25, 0.3) is 0 Å². The van der Waals surface area contributed by atoms with E-state index in [1.807, 2.05) is 33.1 Å². The Morgan fingerprint density at radius 2 is 2.24 bits per heavy atom. The number of aromatic nitrogens is 1. The monoisotopic (exact) mass is 256 g/mol. The average Bonchev–Trinajstić information content (AvgIpc) is 2.58. The molecule has 0 aromatic carbocycles. The molecule has 4 nitrogen and oxygen atoms in total. The van der Waals surface area contributed by atoms with Gasteiger partial charge < -0.3 is 4.74 Å². The highest BCUT2D eigenvalue weighted by atomic mass is 32.1. The third-order valence-electron chi connectivity index (χ3n) is 2.02. The quantitative estimate of drug-likeness (QED) is 0.840. The predicted molar refractivity (Wildman–Crippen MR) is 69.0 cm³/mol. The van der Waals surface area contributed by atoms with Crippen molar-refractivity contribution < 1.29 is 9.53 Å². The fraction of sp³-hybridized carbons (Fsp3) is 0.667. The molecule has 0 saturated heterocycles. The SMILES string of the molecule is Cc1nc(CNC(C)C(=O)OC(C)(C)C)cs1. The van der Waals surface area contributed by atoms with Crippen LogP contribution in [0.4, 0.5) is 0 Å². The van der Waals surface area contributed by atoms with Crippen LogP contribution in [0.2, 0.25) is 0 Å². The molecule has 1 heterocycles. The summed E-state index contributed by atoms with van der Waals surface area (Å²) in [6, 6.07) is -0.323. The van der Waals surface area contributed by atoms with Crippen molar-refractivity contribution in [2.75, 3.05) is 0 Å². The zero-order chi connectivity index (χ0) is 13.1. The molecule has 1 atom stereocenters. The number of thiazole rings is 1. The zero-order valence-corrected chi connectivity index (χ0v) is 11.9. The van der Waals surface area contributed by atoms with Gasteiger partial charge in [0.15, 0.2) is 0 Å². The number of hydrogen-bond donors (Lipinski definition) is 1. The number of nitrogens with one attached hydrogen (secondary N) is 1. The van der Waals surface area contributed by atoms with Crippen molar-refractivity contribution in [3.05, 3.63) is 16.1 Å². The normalized spacial score (nSPS) is 13.5. The Hall–Kier alpha value is -0.940. The molecule has 0 saturated carbocycles. The highest BCUT2D eigenvalue weighted by Crippen LogP contribution is 2.10. The molecule has 0 aliphatic heterocycles. The average molecular weight is 256 g/mol. The van der Waals surface area contributed by atoms with Gasteiger partial charge in [0.25, 0.3) is 0 Å². The molecule has 0 aliphatic carbocycles. The van der Waals surface area contributed by atoms with Crippen LogP contribution in [0.5, 0.6) is 0 Å². The highest BCUT2D eigenvalue weighted by Gasteiger charge is 2.21. The number of rotatable bonds is 4. The van der Waals surface area contributed by atoms with Gasteiger partial charge in [0.1, 0.15) is 11.6 Å². The fourth-order valence-corrected chi connectivity index (χ4v) is 1.83. The molecule has 0 bridgehead atoms. The smallest absolute Gasteiger partial charge is 0.323 e. The van der Waals surface area contributed by atoms with E-state index in [1.54, 1.807) is 18.3 Å². The topological polar surface area (TPSA) is 51.2 Å². The molecular weight excluding hydrogens is 236 g/mol. The molecule has 0 spiro atoms. The Bertz CT molecular complexity index is 382. The molecular formula is C12H20N2O2S. The molecule has 96 valence electrons.